The molecule has 0 aromatic heterocycles. The zero-order chi connectivity index (χ0) is 20.3. The number of anilines is 3. The van der Waals surface area contributed by atoms with Gasteiger partial charge in [0.25, 0.3) is 0 Å². The molecule has 0 bridgehead atoms. The minimum atomic E-state index is -1.22. The molecule has 3 aromatic rings. The van der Waals surface area contributed by atoms with Gasteiger partial charge >= 0.3 is 0 Å². The van der Waals surface area contributed by atoms with Crippen molar-refractivity contribution in [2.24, 2.45) is 0 Å². The van der Waals surface area contributed by atoms with E-state index in [2.05, 4.69) is 5.32 Å². The van der Waals surface area contributed by atoms with Crippen LogP contribution in [0.5, 0.6) is 0 Å². The predicted molar refractivity (Wildman–Crippen MR) is 101 cm³/mol. The van der Waals surface area contributed by atoms with Crippen molar-refractivity contribution in [2.75, 3.05) is 10.2 Å². The van der Waals surface area contributed by atoms with Gasteiger partial charge in [0.05, 0.1) is 17.1 Å². The monoisotopic (exact) mass is 394 g/mol. The van der Waals surface area contributed by atoms with Gasteiger partial charge in [-0.25, -0.2) is 13.2 Å². The summed E-state index contributed by atoms with van der Waals surface area (Å²) in [5.41, 5.74) is 2.69. The second-order valence-electron chi connectivity index (χ2n) is 7.02. The van der Waals surface area contributed by atoms with Crippen LogP contribution in [0.1, 0.15) is 22.6 Å². The van der Waals surface area contributed by atoms with E-state index in [0.29, 0.717) is 28.9 Å². The smallest absolute Gasteiger partial charge is 0.248 e. The molecule has 29 heavy (non-hydrogen) atoms. The number of nitrogens with one attached hydrogen (secondary N) is 1. The van der Waals surface area contributed by atoms with Crippen molar-refractivity contribution in [1.29, 1.82) is 0 Å². The molecular formula is C22H13F3N2O2. The Balaban J connectivity index is 1.58. The van der Waals surface area contributed by atoms with E-state index in [1.165, 1.54) is 23.1 Å². The molecule has 1 N–H and O–H groups in total. The lowest BCUT2D eigenvalue weighted by Crippen LogP contribution is -2.32. The lowest BCUT2D eigenvalue weighted by molar-refractivity contribution is -0.126. The Hall–Kier alpha value is -3.61. The third-order valence-electron chi connectivity index (χ3n) is 5.26. The fourth-order valence-electron chi connectivity index (χ4n) is 4.04. The largest absolute Gasteiger partial charge is 0.323 e. The highest BCUT2D eigenvalue weighted by Gasteiger charge is 2.46. The van der Waals surface area contributed by atoms with Crippen LogP contribution in [-0.4, -0.2) is 11.8 Å². The van der Waals surface area contributed by atoms with Gasteiger partial charge in [-0.05, 0) is 47.0 Å². The number of hydrogen-bond donors (Lipinski definition) is 1. The predicted octanol–water partition coefficient (Wildman–Crippen LogP) is 4.41. The zero-order valence-electron chi connectivity index (χ0n) is 14.9. The summed E-state index contributed by atoms with van der Waals surface area (Å²) in [4.78, 5) is 27.5. The number of hydrogen-bond acceptors (Lipinski definition) is 2. The Morgan fingerprint density at radius 3 is 2.55 bits per heavy atom. The maximum absolute atomic E-state index is 13.9. The zero-order valence-corrected chi connectivity index (χ0v) is 14.9. The first-order valence-corrected chi connectivity index (χ1v) is 8.94. The summed E-state index contributed by atoms with van der Waals surface area (Å²) < 4.78 is 41.1. The van der Waals surface area contributed by atoms with Crippen LogP contribution in [0.25, 0.3) is 0 Å². The Bertz CT molecular complexity index is 1210. The van der Waals surface area contributed by atoms with Gasteiger partial charge in [0.1, 0.15) is 23.4 Å². The van der Waals surface area contributed by atoms with E-state index in [-0.39, 0.29) is 5.69 Å². The highest BCUT2D eigenvalue weighted by molar-refractivity contribution is 6.24. The van der Waals surface area contributed by atoms with Crippen LogP contribution in [0.2, 0.25) is 0 Å². The normalized spacial score (nSPS) is 16.4. The van der Waals surface area contributed by atoms with E-state index >= 15 is 0 Å². The van der Waals surface area contributed by atoms with Crippen molar-refractivity contribution in [1.82, 2.24) is 0 Å². The molecule has 0 aliphatic carbocycles. The average Bonchev–Trinajstić information content (AvgIpc) is 2.98. The van der Waals surface area contributed by atoms with Crippen LogP contribution in [0, 0.1) is 17.5 Å². The van der Waals surface area contributed by atoms with Crippen LogP contribution < -0.4 is 10.2 Å². The highest BCUT2D eigenvalue weighted by atomic mass is 19.1. The van der Waals surface area contributed by atoms with E-state index in [1.807, 2.05) is 6.07 Å². The molecule has 0 radical (unpaired) electrons. The Morgan fingerprint density at radius 1 is 0.966 bits per heavy atom. The van der Waals surface area contributed by atoms with Gasteiger partial charge in [-0.2, -0.15) is 0 Å². The molecule has 1 atom stereocenters. The number of nitrogens with zero attached hydrogens (tertiary/aromatic N) is 1. The number of carbonyl (C=O) groups is 2. The topological polar surface area (TPSA) is 49.4 Å². The third-order valence-corrected chi connectivity index (χ3v) is 5.26. The molecule has 2 heterocycles. The number of carbonyl (C=O) groups excluding carboxylic acids is 2. The summed E-state index contributed by atoms with van der Waals surface area (Å²) in [6.07, 6.45) is 0.424. The van der Waals surface area contributed by atoms with Gasteiger partial charge in [-0.3, -0.25) is 14.5 Å². The molecule has 144 valence electrons. The summed E-state index contributed by atoms with van der Waals surface area (Å²) in [5, 5.41) is 2.32. The van der Waals surface area contributed by atoms with Crippen molar-refractivity contribution >= 4 is 28.9 Å². The van der Waals surface area contributed by atoms with E-state index in [9.17, 15) is 22.8 Å². The van der Waals surface area contributed by atoms with Crippen LogP contribution in [0.4, 0.5) is 30.2 Å². The maximum atomic E-state index is 13.9. The van der Waals surface area contributed by atoms with Crippen LogP contribution >= 0.6 is 0 Å². The quantitative estimate of drug-likeness (QED) is 0.655. The number of benzene rings is 3. The number of halogens is 3. The lowest BCUT2D eigenvalue weighted by atomic mass is 9.93. The summed E-state index contributed by atoms with van der Waals surface area (Å²) in [7, 11) is 0. The molecule has 3 aromatic carbocycles. The first-order chi connectivity index (χ1) is 13.9. The minimum Gasteiger partial charge on any atom is -0.323 e. The molecule has 2 aliphatic rings. The van der Waals surface area contributed by atoms with E-state index in [0.717, 1.165) is 23.8 Å². The molecule has 1 unspecified atom stereocenters. The number of para-hydroxylation sites is 1. The Kier molecular flexibility index (Phi) is 3.74. The van der Waals surface area contributed by atoms with Crippen molar-refractivity contribution in [3.63, 3.8) is 0 Å². The van der Waals surface area contributed by atoms with E-state index < -0.39 is 35.2 Å². The molecule has 2 aliphatic heterocycles. The van der Waals surface area contributed by atoms with Crippen molar-refractivity contribution < 1.29 is 22.8 Å². The SMILES string of the molecule is O=C(Nc1cc(F)ccc1F)C1C(=O)N2c3ccc(F)cc3Cc3cccc1c32. The van der Waals surface area contributed by atoms with Gasteiger partial charge in [-0.15, -0.1) is 0 Å². The highest BCUT2D eigenvalue weighted by Crippen LogP contribution is 2.49. The number of fused-ring (bicyclic) bond motifs is 2. The summed E-state index contributed by atoms with van der Waals surface area (Å²) in [6.45, 7) is 0. The van der Waals surface area contributed by atoms with Gasteiger partial charge < -0.3 is 5.32 Å². The van der Waals surface area contributed by atoms with Crippen LogP contribution in [-0.2, 0) is 16.0 Å². The number of rotatable bonds is 2. The first-order valence-electron chi connectivity index (χ1n) is 8.94. The maximum Gasteiger partial charge on any atom is 0.248 e. The van der Waals surface area contributed by atoms with Crippen LogP contribution in [0.3, 0.4) is 0 Å². The Labute approximate surface area is 163 Å². The fraction of sp³-hybridized carbons (Fsp3) is 0.0909. The van der Waals surface area contributed by atoms with Crippen molar-refractivity contribution in [3.05, 3.63) is 88.7 Å². The molecular weight excluding hydrogens is 381 g/mol. The fourth-order valence-corrected chi connectivity index (χ4v) is 4.04. The number of amides is 2. The van der Waals surface area contributed by atoms with E-state index in [1.54, 1.807) is 12.1 Å². The van der Waals surface area contributed by atoms with Crippen LogP contribution in [0.15, 0.2) is 54.6 Å². The first kappa shape index (κ1) is 17.5. The molecule has 0 spiro atoms. The molecule has 4 nitrogen and oxygen atoms in total. The van der Waals surface area contributed by atoms with Gasteiger partial charge in [0.15, 0.2) is 0 Å². The molecule has 0 saturated carbocycles. The third kappa shape index (κ3) is 2.61. The lowest BCUT2D eigenvalue weighted by Gasteiger charge is -2.28. The molecule has 0 saturated heterocycles. The standard InChI is InChI=1S/C22H13F3N2O2/c23-13-5-7-18-12(9-13)8-11-2-1-3-15-19(22(29)27(18)20(11)15)21(28)26-17-10-14(24)4-6-16(17)25/h1-7,9-10,19H,8H2,(H,26,28). The van der Waals surface area contributed by atoms with E-state index in [4.69, 9.17) is 0 Å². The Morgan fingerprint density at radius 2 is 1.72 bits per heavy atom. The summed E-state index contributed by atoms with van der Waals surface area (Å²) >= 11 is 0. The van der Waals surface area contributed by atoms with Crippen molar-refractivity contribution in [3.8, 4) is 0 Å². The molecule has 0 fully saturated rings. The molecule has 7 heteroatoms. The van der Waals surface area contributed by atoms with Gasteiger partial charge in [0, 0.05) is 12.5 Å². The molecule has 2 amide bonds. The minimum absolute atomic E-state index is 0.337. The average molecular weight is 394 g/mol. The van der Waals surface area contributed by atoms with Gasteiger partial charge in [0.2, 0.25) is 11.8 Å². The van der Waals surface area contributed by atoms with Crippen molar-refractivity contribution in [2.45, 2.75) is 12.3 Å². The second kappa shape index (κ2) is 6.20. The second-order valence-corrected chi connectivity index (χ2v) is 7.02. The summed E-state index contributed by atoms with van der Waals surface area (Å²) in [6, 6.07) is 12.0. The van der Waals surface area contributed by atoms with Gasteiger partial charge in [-0.1, -0.05) is 18.2 Å². The summed E-state index contributed by atoms with van der Waals surface area (Å²) in [5.74, 6) is -4.42. The molecule has 5 rings (SSSR count).